The number of aromatic nitrogens is 1. The third-order valence-electron chi connectivity index (χ3n) is 3.70. The van der Waals surface area contributed by atoms with Crippen LogP contribution < -0.4 is 0 Å². The van der Waals surface area contributed by atoms with Gasteiger partial charge in [0.2, 0.25) is 0 Å². The number of aromatic amines is 1. The van der Waals surface area contributed by atoms with Crippen LogP contribution in [0.15, 0.2) is 17.5 Å². The molecule has 0 aliphatic rings. The lowest BCUT2D eigenvalue weighted by atomic mass is 10.1. The van der Waals surface area contributed by atoms with E-state index in [1.165, 1.54) is 11.3 Å². The van der Waals surface area contributed by atoms with E-state index in [0.717, 1.165) is 0 Å². The molecule has 0 atom stereocenters. The van der Waals surface area contributed by atoms with Gasteiger partial charge in [0.25, 0.3) is 0 Å². The summed E-state index contributed by atoms with van der Waals surface area (Å²) in [5, 5.41) is 1.85. The van der Waals surface area contributed by atoms with Crippen LogP contribution in [-0.4, -0.2) is 35.9 Å². The molecule has 25 heavy (non-hydrogen) atoms. The first kappa shape index (κ1) is 18.9. The SMILES string of the molecule is CCOC(=O)c1c(C)[nH]c(C(=O)OCCCC(=O)c2cccs2)c1C. The predicted octanol–water partition coefficient (Wildman–Crippen LogP) is 3.69. The molecule has 0 aliphatic heterocycles. The minimum absolute atomic E-state index is 0.0440. The number of thiophene rings is 1. The second kappa shape index (κ2) is 8.62. The number of ether oxygens (including phenoxy) is 2. The van der Waals surface area contributed by atoms with Crippen molar-refractivity contribution in [2.45, 2.75) is 33.6 Å². The number of H-pyrrole nitrogens is 1. The van der Waals surface area contributed by atoms with E-state index >= 15 is 0 Å². The van der Waals surface area contributed by atoms with Gasteiger partial charge >= 0.3 is 11.9 Å². The Bertz CT molecular complexity index is 761. The molecular weight excluding hydrogens is 342 g/mol. The highest BCUT2D eigenvalue weighted by atomic mass is 32.1. The zero-order valence-corrected chi connectivity index (χ0v) is 15.3. The van der Waals surface area contributed by atoms with Gasteiger partial charge in [0.15, 0.2) is 5.78 Å². The molecule has 0 aromatic carbocycles. The number of nitrogens with one attached hydrogen (secondary N) is 1. The molecule has 134 valence electrons. The van der Waals surface area contributed by atoms with Gasteiger partial charge < -0.3 is 14.5 Å². The third kappa shape index (κ3) is 4.57. The van der Waals surface area contributed by atoms with Crippen LogP contribution in [0, 0.1) is 13.8 Å². The third-order valence-corrected chi connectivity index (χ3v) is 4.61. The number of rotatable bonds is 8. The lowest BCUT2D eigenvalue weighted by Crippen LogP contribution is -2.10. The molecular formula is C18H21NO5S. The maximum absolute atomic E-state index is 12.2. The van der Waals surface area contributed by atoms with Crippen molar-refractivity contribution in [1.82, 2.24) is 4.98 Å². The van der Waals surface area contributed by atoms with Crippen molar-refractivity contribution in [2.24, 2.45) is 0 Å². The molecule has 0 aliphatic carbocycles. The fourth-order valence-electron chi connectivity index (χ4n) is 2.49. The summed E-state index contributed by atoms with van der Waals surface area (Å²) in [6.45, 7) is 5.51. The van der Waals surface area contributed by atoms with Crippen LogP contribution in [0.3, 0.4) is 0 Å². The molecule has 0 saturated heterocycles. The van der Waals surface area contributed by atoms with Crippen LogP contribution >= 0.6 is 11.3 Å². The second-order valence-electron chi connectivity index (χ2n) is 5.49. The van der Waals surface area contributed by atoms with Crippen LogP contribution in [0.5, 0.6) is 0 Å². The summed E-state index contributed by atoms with van der Waals surface area (Å²) in [4.78, 5) is 39.6. The van der Waals surface area contributed by atoms with E-state index in [2.05, 4.69) is 4.98 Å². The molecule has 6 nitrogen and oxygen atoms in total. The van der Waals surface area contributed by atoms with E-state index in [9.17, 15) is 14.4 Å². The Kier molecular flexibility index (Phi) is 6.52. The molecule has 0 bridgehead atoms. The molecule has 2 rings (SSSR count). The number of Topliss-reactive ketones (excluding diaryl/α,β-unsaturated/α-hetero) is 1. The predicted molar refractivity (Wildman–Crippen MR) is 94.4 cm³/mol. The molecule has 0 fully saturated rings. The van der Waals surface area contributed by atoms with E-state index in [4.69, 9.17) is 9.47 Å². The molecule has 1 N–H and O–H groups in total. The molecule has 7 heteroatoms. The molecule has 2 aromatic rings. The van der Waals surface area contributed by atoms with E-state index in [1.54, 1.807) is 26.8 Å². The van der Waals surface area contributed by atoms with Crippen molar-refractivity contribution in [3.05, 3.63) is 44.9 Å². The number of ketones is 1. The summed E-state index contributed by atoms with van der Waals surface area (Å²) in [5.41, 5.74) is 1.68. The highest BCUT2D eigenvalue weighted by molar-refractivity contribution is 7.12. The number of esters is 2. The monoisotopic (exact) mass is 363 g/mol. The van der Waals surface area contributed by atoms with E-state index in [-0.39, 0.29) is 24.7 Å². The first-order chi connectivity index (χ1) is 12.0. The first-order valence-corrected chi connectivity index (χ1v) is 8.93. The van der Waals surface area contributed by atoms with Gasteiger partial charge in [0.05, 0.1) is 23.7 Å². The Labute approximate surface area is 150 Å². The lowest BCUT2D eigenvalue weighted by Gasteiger charge is -2.05. The molecule has 0 spiro atoms. The van der Waals surface area contributed by atoms with Crippen LogP contribution in [0.25, 0.3) is 0 Å². The smallest absolute Gasteiger partial charge is 0.355 e. The van der Waals surface area contributed by atoms with Gasteiger partial charge in [-0.1, -0.05) is 6.07 Å². The maximum Gasteiger partial charge on any atom is 0.355 e. The Balaban J connectivity index is 1.90. The van der Waals surface area contributed by atoms with E-state index in [0.29, 0.717) is 34.5 Å². The standard InChI is InChI=1S/C18H21NO5S/c1-4-23-17(21)15-11(2)16(19-12(15)3)18(22)24-9-5-7-13(20)14-8-6-10-25-14/h6,8,10,19H,4-5,7,9H2,1-3H3. The highest BCUT2D eigenvalue weighted by Crippen LogP contribution is 2.20. The number of carbonyl (C=O) groups excluding carboxylic acids is 3. The summed E-state index contributed by atoms with van der Waals surface area (Å²) in [7, 11) is 0. The van der Waals surface area contributed by atoms with Crippen molar-refractivity contribution in [2.75, 3.05) is 13.2 Å². The molecule has 2 heterocycles. The molecule has 0 unspecified atom stereocenters. The van der Waals surface area contributed by atoms with Crippen molar-refractivity contribution in [3.8, 4) is 0 Å². The van der Waals surface area contributed by atoms with Gasteiger partial charge in [0, 0.05) is 12.1 Å². The average molecular weight is 363 g/mol. The van der Waals surface area contributed by atoms with E-state index in [1.807, 2.05) is 11.4 Å². The number of carbonyl (C=O) groups is 3. The van der Waals surface area contributed by atoms with Crippen LogP contribution in [-0.2, 0) is 9.47 Å². The van der Waals surface area contributed by atoms with Crippen LogP contribution in [0.1, 0.15) is 61.5 Å². The Morgan fingerprint density at radius 3 is 2.56 bits per heavy atom. The van der Waals surface area contributed by atoms with Crippen LogP contribution in [0.4, 0.5) is 0 Å². The minimum atomic E-state index is -0.542. The van der Waals surface area contributed by atoms with Crippen molar-refractivity contribution in [1.29, 1.82) is 0 Å². The van der Waals surface area contributed by atoms with E-state index < -0.39 is 11.9 Å². The fraction of sp³-hybridized carbons (Fsp3) is 0.389. The summed E-state index contributed by atoms with van der Waals surface area (Å²) >= 11 is 1.40. The van der Waals surface area contributed by atoms with Gasteiger partial charge in [-0.25, -0.2) is 9.59 Å². The fourth-order valence-corrected chi connectivity index (χ4v) is 3.19. The number of aryl methyl sites for hydroxylation is 1. The summed E-state index contributed by atoms with van der Waals surface area (Å²) in [5.74, 6) is -0.961. The Morgan fingerprint density at radius 1 is 1.16 bits per heavy atom. The average Bonchev–Trinajstić information content (AvgIpc) is 3.19. The topological polar surface area (TPSA) is 85.5 Å². The normalized spacial score (nSPS) is 10.5. The van der Waals surface area contributed by atoms with Gasteiger partial charge in [-0.3, -0.25) is 4.79 Å². The molecule has 0 amide bonds. The zero-order chi connectivity index (χ0) is 18.4. The molecule has 2 aromatic heterocycles. The quantitative estimate of drug-likeness (QED) is 0.439. The lowest BCUT2D eigenvalue weighted by molar-refractivity contribution is 0.0487. The van der Waals surface area contributed by atoms with Gasteiger partial charge in [-0.15, -0.1) is 11.3 Å². The van der Waals surface area contributed by atoms with Gasteiger partial charge in [-0.05, 0) is 44.2 Å². The molecule has 0 radical (unpaired) electrons. The van der Waals surface area contributed by atoms with Gasteiger partial charge in [0.1, 0.15) is 5.69 Å². The van der Waals surface area contributed by atoms with Crippen molar-refractivity contribution < 1.29 is 23.9 Å². The number of hydrogen-bond acceptors (Lipinski definition) is 6. The highest BCUT2D eigenvalue weighted by Gasteiger charge is 2.23. The first-order valence-electron chi connectivity index (χ1n) is 8.05. The number of hydrogen-bond donors (Lipinski definition) is 1. The van der Waals surface area contributed by atoms with Gasteiger partial charge in [-0.2, -0.15) is 0 Å². The van der Waals surface area contributed by atoms with Crippen LogP contribution in [0.2, 0.25) is 0 Å². The summed E-state index contributed by atoms with van der Waals surface area (Å²) < 4.78 is 10.2. The summed E-state index contributed by atoms with van der Waals surface area (Å²) in [6, 6.07) is 3.61. The molecule has 0 saturated carbocycles. The second-order valence-corrected chi connectivity index (χ2v) is 6.43. The largest absolute Gasteiger partial charge is 0.462 e. The Hall–Kier alpha value is -2.41. The minimum Gasteiger partial charge on any atom is -0.462 e. The van der Waals surface area contributed by atoms with Crippen molar-refractivity contribution in [3.63, 3.8) is 0 Å². The summed E-state index contributed by atoms with van der Waals surface area (Å²) in [6.07, 6.45) is 0.774. The zero-order valence-electron chi connectivity index (χ0n) is 14.5. The maximum atomic E-state index is 12.2. The van der Waals surface area contributed by atoms with Crippen molar-refractivity contribution >= 4 is 29.1 Å². The Morgan fingerprint density at radius 2 is 1.92 bits per heavy atom.